The Balaban J connectivity index is 1.99. The largest absolute Gasteiger partial charge is 0.482 e. The maximum absolute atomic E-state index is 13.5. The molecule has 0 bridgehead atoms. The summed E-state index contributed by atoms with van der Waals surface area (Å²) in [5, 5.41) is 3.11. The average Bonchev–Trinajstić information content (AvgIpc) is 2.44. The third-order valence-electron chi connectivity index (χ3n) is 2.52. The third kappa shape index (κ3) is 4.24. The van der Waals surface area contributed by atoms with Crippen molar-refractivity contribution < 1.29 is 13.9 Å². The Kier molecular flexibility index (Phi) is 4.88. The van der Waals surface area contributed by atoms with Crippen LogP contribution in [0.1, 0.15) is 0 Å². The Labute approximate surface area is 130 Å². The molecule has 110 valence electrons. The van der Waals surface area contributed by atoms with E-state index in [1.807, 2.05) is 0 Å². The second kappa shape index (κ2) is 6.65. The summed E-state index contributed by atoms with van der Waals surface area (Å²) in [5.74, 6) is -0.860. The maximum atomic E-state index is 13.5. The lowest BCUT2D eigenvalue weighted by Crippen LogP contribution is -2.21. The molecule has 1 amide bonds. The molecule has 0 fully saturated rings. The fourth-order valence-electron chi connectivity index (χ4n) is 1.56. The zero-order chi connectivity index (χ0) is 15.4. The predicted octanol–water partition coefficient (Wildman–Crippen LogP) is 3.73. The van der Waals surface area contributed by atoms with Gasteiger partial charge in [-0.2, -0.15) is 0 Å². The quantitative estimate of drug-likeness (QED) is 0.840. The molecular formula is C14H11Cl2FN2O2. The number of benzene rings is 2. The highest BCUT2D eigenvalue weighted by molar-refractivity contribution is 6.34. The van der Waals surface area contributed by atoms with Gasteiger partial charge in [0.2, 0.25) is 0 Å². The molecule has 2 aromatic rings. The van der Waals surface area contributed by atoms with Crippen LogP contribution in [0.25, 0.3) is 0 Å². The minimum absolute atomic E-state index is 0.0132. The molecule has 0 atom stereocenters. The number of hydrogen-bond acceptors (Lipinski definition) is 3. The second-order valence-electron chi connectivity index (χ2n) is 4.15. The normalized spacial score (nSPS) is 10.2. The van der Waals surface area contributed by atoms with Crippen molar-refractivity contribution in [2.24, 2.45) is 0 Å². The van der Waals surface area contributed by atoms with Crippen molar-refractivity contribution in [3.05, 3.63) is 52.3 Å². The number of hydrogen-bond donors (Lipinski definition) is 2. The van der Waals surface area contributed by atoms with Crippen LogP contribution in [0, 0.1) is 5.82 Å². The first-order valence-electron chi connectivity index (χ1n) is 5.88. The van der Waals surface area contributed by atoms with Gasteiger partial charge in [-0.3, -0.25) is 4.79 Å². The molecule has 2 aromatic carbocycles. The molecule has 3 N–H and O–H groups in total. The van der Waals surface area contributed by atoms with Crippen molar-refractivity contribution in [2.75, 3.05) is 17.7 Å². The summed E-state index contributed by atoms with van der Waals surface area (Å²) in [6.45, 7) is -0.339. The molecule has 0 saturated heterocycles. The van der Waals surface area contributed by atoms with Gasteiger partial charge in [-0.05, 0) is 30.3 Å². The van der Waals surface area contributed by atoms with Crippen molar-refractivity contribution in [2.45, 2.75) is 0 Å². The number of rotatable bonds is 4. The van der Waals surface area contributed by atoms with Gasteiger partial charge in [0, 0.05) is 16.8 Å². The lowest BCUT2D eigenvalue weighted by atomic mass is 10.2. The van der Waals surface area contributed by atoms with Gasteiger partial charge in [-0.25, -0.2) is 4.39 Å². The van der Waals surface area contributed by atoms with Gasteiger partial charge in [0.1, 0.15) is 11.6 Å². The molecule has 0 saturated carbocycles. The molecule has 0 aliphatic carbocycles. The first kappa shape index (κ1) is 15.4. The van der Waals surface area contributed by atoms with E-state index < -0.39 is 11.7 Å². The summed E-state index contributed by atoms with van der Waals surface area (Å²) in [7, 11) is 0. The number of nitrogens with one attached hydrogen (secondary N) is 1. The Hall–Kier alpha value is -1.98. The topological polar surface area (TPSA) is 64.3 Å². The van der Waals surface area contributed by atoms with Gasteiger partial charge in [0.25, 0.3) is 5.91 Å². The average molecular weight is 329 g/mol. The Morgan fingerprint density at radius 3 is 2.76 bits per heavy atom. The highest BCUT2D eigenvalue weighted by Crippen LogP contribution is 2.27. The highest BCUT2D eigenvalue weighted by atomic mass is 35.5. The van der Waals surface area contributed by atoms with E-state index in [4.69, 9.17) is 33.7 Å². The van der Waals surface area contributed by atoms with Crippen LogP contribution in [-0.2, 0) is 4.79 Å². The number of ether oxygens (including phenoxy) is 1. The number of amides is 1. The molecule has 0 aliphatic rings. The van der Waals surface area contributed by atoms with Gasteiger partial charge >= 0.3 is 0 Å². The fourth-order valence-corrected chi connectivity index (χ4v) is 1.89. The number of nitrogens with two attached hydrogens (primary N) is 1. The van der Waals surface area contributed by atoms with E-state index in [-0.39, 0.29) is 18.0 Å². The maximum Gasteiger partial charge on any atom is 0.262 e. The Bertz CT molecular complexity index is 680. The number of anilines is 2. The van der Waals surface area contributed by atoms with Crippen LogP contribution in [-0.4, -0.2) is 12.5 Å². The summed E-state index contributed by atoms with van der Waals surface area (Å²) in [4.78, 5) is 11.7. The van der Waals surface area contributed by atoms with Crippen LogP contribution < -0.4 is 15.8 Å². The number of halogens is 3. The first-order chi connectivity index (χ1) is 9.95. The summed E-state index contributed by atoms with van der Waals surface area (Å²) in [5.41, 5.74) is 5.85. The highest BCUT2D eigenvalue weighted by Gasteiger charge is 2.10. The van der Waals surface area contributed by atoms with Crippen LogP contribution >= 0.6 is 23.2 Å². The van der Waals surface area contributed by atoms with Crippen LogP contribution in [0.4, 0.5) is 15.8 Å². The van der Waals surface area contributed by atoms with E-state index in [0.29, 0.717) is 15.7 Å². The number of nitrogen functional groups attached to an aromatic ring is 1. The smallest absolute Gasteiger partial charge is 0.262 e. The van der Waals surface area contributed by atoms with Crippen molar-refractivity contribution in [3.8, 4) is 5.75 Å². The molecule has 7 heteroatoms. The molecule has 21 heavy (non-hydrogen) atoms. The van der Waals surface area contributed by atoms with Gasteiger partial charge in [-0.15, -0.1) is 0 Å². The van der Waals surface area contributed by atoms with Crippen LogP contribution in [0.2, 0.25) is 10.0 Å². The molecule has 0 heterocycles. The molecular weight excluding hydrogens is 318 g/mol. The number of carbonyl (C=O) groups excluding carboxylic acids is 1. The zero-order valence-electron chi connectivity index (χ0n) is 10.7. The van der Waals surface area contributed by atoms with E-state index in [0.717, 1.165) is 0 Å². The SMILES string of the molecule is Nc1ccc(F)c(NC(=O)COc2cc(Cl)ccc2Cl)c1. The molecule has 0 spiro atoms. The van der Waals surface area contributed by atoms with Crippen molar-refractivity contribution in [1.82, 2.24) is 0 Å². The second-order valence-corrected chi connectivity index (χ2v) is 4.99. The lowest BCUT2D eigenvalue weighted by molar-refractivity contribution is -0.118. The zero-order valence-corrected chi connectivity index (χ0v) is 12.2. The summed E-state index contributed by atoms with van der Waals surface area (Å²) in [6, 6.07) is 8.51. The van der Waals surface area contributed by atoms with Crippen molar-refractivity contribution in [1.29, 1.82) is 0 Å². The minimum Gasteiger partial charge on any atom is -0.482 e. The molecule has 0 radical (unpaired) electrons. The fraction of sp³-hybridized carbons (Fsp3) is 0.0714. The summed E-state index contributed by atoms with van der Waals surface area (Å²) >= 11 is 11.7. The molecule has 0 aliphatic heterocycles. The summed E-state index contributed by atoms with van der Waals surface area (Å²) < 4.78 is 18.7. The van der Waals surface area contributed by atoms with E-state index in [1.165, 1.54) is 24.3 Å². The third-order valence-corrected chi connectivity index (χ3v) is 3.06. The standard InChI is InChI=1S/C14H11Cl2FN2O2/c15-8-1-3-10(16)13(5-8)21-7-14(20)19-12-6-9(18)2-4-11(12)17/h1-6H,7,18H2,(H,19,20). The Morgan fingerprint density at radius 2 is 2.00 bits per heavy atom. The first-order valence-corrected chi connectivity index (χ1v) is 6.64. The molecule has 4 nitrogen and oxygen atoms in total. The van der Waals surface area contributed by atoms with Crippen LogP contribution in [0.15, 0.2) is 36.4 Å². The Morgan fingerprint density at radius 1 is 1.24 bits per heavy atom. The van der Waals surface area contributed by atoms with Gasteiger partial charge in [0.05, 0.1) is 10.7 Å². The summed E-state index contributed by atoms with van der Waals surface area (Å²) in [6.07, 6.45) is 0. The van der Waals surface area contributed by atoms with E-state index in [1.54, 1.807) is 12.1 Å². The number of carbonyl (C=O) groups is 1. The van der Waals surface area contributed by atoms with E-state index in [9.17, 15) is 9.18 Å². The predicted molar refractivity (Wildman–Crippen MR) is 81.4 cm³/mol. The monoisotopic (exact) mass is 328 g/mol. The van der Waals surface area contributed by atoms with E-state index in [2.05, 4.69) is 5.32 Å². The van der Waals surface area contributed by atoms with Gasteiger partial charge in [0.15, 0.2) is 6.61 Å². The van der Waals surface area contributed by atoms with Crippen LogP contribution in [0.3, 0.4) is 0 Å². The van der Waals surface area contributed by atoms with Gasteiger partial charge in [-0.1, -0.05) is 23.2 Å². The van der Waals surface area contributed by atoms with Crippen molar-refractivity contribution in [3.63, 3.8) is 0 Å². The lowest BCUT2D eigenvalue weighted by Gasteiger charge is -2.10. The molecule has 0 unspecified atom stereocenters. The van der Waals surface area contributed by atoms with Crippen molar-refractivity contribution >= 4 is 40.5 Å². The van der Waals surface area contributed by atoms with Gasteiger partial charge < -0.3 is 15.8 Å². The molecule has 0 aromatic heterocycles. The van der Waals surface area contributed by atoms with E-state index >= 15 is 0 Å². The minimum atomic E-state index is -0.585. The molecule has 2 rings (SSSR count). The van der Waals surface area contributed by atoms with Crippen LogP contribution in [0.5, 0.6) is 5.75 Å².